The van der Waals surface area contributed by atoms with Crippen LogP contribution in [0.2, 0.25) is 5.02 Å². The number of hydrogen-bond donors (Lipinski definition) is 2. The van der Waals surface area contributed by atoms with Gasteiger partial charge >= 0.3 is 0 Å². The topological polar surface area (TPSA) is 55.1 Å². The molecule has 0 spiro atoms. The summed E-state index contributed by atoms with van der Waals surface area (Å²) < 4.78 is 0. The quantitative estimate of drug-likeness (QED) is 0.832. The third-order valence-corrected chi connectivity index (χ3v) is 2.88. The molecule has 0 unspecified atom stereocenters. The van der Waals surface area contributed by atoms with Crippen molar-refractivity contribution in [2.45, 2.75) is 39.2 Å². The molecule has 0 saturated heterocycles. The second-order valence-corrected chi connectivity index (χ2v) is 5.23. The van der Waals surface area contributed by atoms with Gasteiger partial charge in [0.1, 0.15) is 0 Å². The lowest BCUT2D eigenvalue weighted by Crippen LogP contribution is -2.43. The van der Waals surface area contributed by atoms with E-state index in [-0.39, 0.29) is 23.9 Å². The fraction of sp³-hybridized carbons (Fsp3) is 0.462. The van der Waals surface area contributed by atoms with Crippen molar-refractivity contribution in [2.75, 3.05) is 5.73 Å². The molecule has 0 radical (unpaired) electrons. The van der Waals surface area contributed by atoms with E-state index in [0.29, 0.717) is 16.3 Å². The Morgan fingerprint density at radius 2 is 2.06 bits per heavy atom. The van der Waals surface area contributed by atoms with Gasteiger partial charge in [0.05, 0.1) is 10.6 Å². The number of carbonyl (C=O) groups is 1. The van der Waals surface area contributed by atoms with Crippen molar-refractivity contribution < 1.29 is 4.79 Å². The average molecular weight is 291 g/mol. The predicted octanol–water partition coefficient (Wildman–Crippen LogP) is 3.65. The van der Waals surface area contributed by atoms with E-state index < -0.39 is 0 Å². The summed E-state index contributed by atoms with van der Waals surface area (Å²) >= 11 is 5.99. The van der Waals surface area contributed by atoms with Crippen molar-refractivity contribution in [3.8, 4) is 0 Å². The summed E-state index contributed by atoms with van der Waals surface area (Å²) in [6, 6.07) is 4.91. The van der Waals surface area contributed by atoms with Crippen LogP contribution in [0.5, 0.6) is 0 Å². The van der Waals surface area contributed by atoms with Crippen LogP contribution in [-0.2, 0) is 0 Å². The number of nitrogens with one attached hydrogen (secondary N) is 1. The van der Waals surface area contributed by atoms with Crippen molar-refractivity contribution in [3.63, 3.8) is 0 Å². The highest BCUT2D eigenvalue weighted by molar-refractivity contribution is 6.34. The van der Waals surface area contributed by atoms with Gasteiger partial charge in [-0.05, 0) is 38.5 Å². The molecule has 0 saturated carbocycles. The minimum atomic E-state index is -0.226. The van der Waals surface area contributed by atoms with Crippen LogP contribution >= 0.6 is 24.0 Å². The number of carbonyl (C=O) groups excluding carboxylic acids is 1. The maximum atomic E-state index is 12.0. The van der Waals surface area contributed by atoms with Crippen molar-refractivity contribution in [1.29, 1.82) is 0 Å². The van der Waals surface area contributed by atoms with Crippen LogP contribution in [0.1, 0.15) is 44.0 Å². The first-order chi connectivity index (χ1) is 7.85. The molecule has 1 amide bonds. The molecule has 1 aromatic carbocycles. The number of nitrogens with two attached hydrogens (primary N) is 1. The lowest BCUT2D eigenvalue weighted by molar-refractivity contribution is 0.0909. The van der Waals surface area contributed by atoms with Crippen molar-refractivity contribution >= 4 is 35.6 Å². The lowest BCUT2D eigenvalue weighted by atomic mass is 9.98. The van der Waals surface area contributed by atoms with Gasteiger partial charge in [-0.3, -0.25) is 4.79 Å². The molecule has 0 heterocycles. The van der Waals surface area contributed by atoms with Crippen LogP contribution in [0.25, 0.3) is 0 Å². The minimum absolute atomic E-state index is 0. The normalized spacial score (nSPS) is 10.7. The minimum Gasteiger partial charge on any atom is -0.399 e. The summed E-state index contributed by atoms with van der Waals surface area (Å²) in [5.41, 5.74) is 6.38. The number of rotatable bonds is 4. The summed E-state index contributed by atoms with van der Waals surface area (Å²) in [7, 11) is 0. The summed E-state index contributed by atoms with van der Waals surface area (Å²) in [6.45, 7) is 6.09. The third-order valence-electron chi connectivity index (χ3n) is 2.56. The highest BCUT2D eigenvalue weighted by Gasteiger charge is 2.21. The van der Waals surface area contributed by atoms with Crippen molar-refractivity contribution in [3.05, 3.63) is 28.8 Å². The van der Waals surface area contributed by atoms with E-state index in [2.05, 4.69) is 12.2 Å². The van der Waals surface area contributed by atoms with E-state index >= 15 is 0 Å². The van der Waals surface area contributed by atoms with E-state index in [1.807, 2.05) is 13.8 Å². The highest BCUT2D eigenvalue weighted by atomic mass is 35.5. The molecular weight excluding hydrogens is 271 g/mol. The zero-order valence-electron chi connectivity index (χ0n) is 10.9. The van der Waals surface area contributed by atoms with Gasteiger partial charge in [-0.15, -0.1) is 12.4 Å². The molecule has 5 heteroatoms. The van der Waals surface area contributed by atoms with E-state index in [4.69, 9.17) is 17.3 Å². The maximum Gasteiger partial charge on any atom is 0.253 e. The number of hydrogen-bond acceptors (Lipinski definition) is 2. The fourth-order valence-electron chi connectivity index (χ4n) is 1.78. The molecular formula is C13H20Cl2N2O. The molecule has 0 aliphatic carbocycles. The van der Waals surface area contributed by atoms with Gasteiger partial charge < -0.3 is 11.1 Å². The Balaban J connectivity index is 0.00000289. The van der Waals surface area contributed by atoms with E-state index in [9.17, 15) is 4.79 Å². The van der Waals surface area contributed by atoms with Gasteiger partial charge in [0.2, 0.25) is 0 Å². The third kappa shape index (κ3) is 4.75. The molecule has 0 aromatic heterocycles. The molecule has 0 aliphatic heterocycles. The largest absolute Gasteiger partial charge is 0.399 e. The second kappa shape index (κ2) is 6.86. The molecule has 3 N–H and O–H groups in total. The molecule has 102 valence electrons. The number of benzene rings is 1. The van der Waals surface area contributed by atoms with Gasteiger partial charge in [0, 0.05) is 11.2 Å². The van der Waals surface area contributed by atoms with E-state index in [0.717, 1.165) is 12.8 Å². The Hall–Kier alpha value is -0.930. The Bertz CT molecular complexity index is 419. The van der Waals surface area contributed by atoms with Crippen LogP contribution in [0.15, 0.2) is 18.2 Å². The van der Waals surface area contributed by atoms with Gasteiger partial charge in [-0.2, -0.15) is 0 Å². The number of amides is 1. The smallest absolute Gasteiger partial charge is 0.253 e. The van der Waals surface area contributed by atoms with Gasteiger partial charge in [0.15, 0.2) is 0 Å². The van der Waals surface area contributed by atoms with E-state index in [1.165, 1.54) is 0 Å². The van der Waals surface area contributed by atoms with E-state index in [1.54, 1.807) is 18.2 Å². The molecule has 1 rings (SSSR count). The molecule has 0 aliphatic rings. The van der Waals surface area contributed by atoms with Gasteiger partial charge in [0.25, 0.3) is 5.91 Å². The van der Waals surface area contributed by atoms with Crippen LogP contribution in [0.3, 0.4) is 0 Å². The van der Waals surface area contributed by atoms with Crippen LogP contribution < -0.4 is 11.1 Å². The lowest BCUT2D eigenvalue weighted by Gasteiger charge is -2.26. The number of nitrogen functional groups attached to an aromatic ring is 1. The Morgan fingerprint density at radius 1 is 1.44 bits per heavy atom. The summed E-state index contributed by atoms with van der Waals surface area (Å²) in [4.78, 5) is 12.0. The van der Waals surface area contributed by atoms with Gasteiger partial charge in [-0.1, -0.05) is 24.9 Å². The van der Waals surface area contributed by atoms with Crippen LogP contribution in [0, 0.1) is 0 Å². The van der Waals surface area contributed by atoms with Crippen LogP contribution in [-0.4, -0.2) is 11.4 Å². The molecule has 1 aromatic rings. The standard InChI is InChI=1S/C13H19ClN2O.ClH/c1-4-7-13(2,3)16-12(17)10-6-5-9(15)8-11(10)14;/h5-6,8H,4,7,15H2,1-3H3,(H,16,17);1H. The molecule has 0 bridgehead atoms. The highest BCUT2D eigenvalue weighted by Crippen LogP contribution is 2.20. The summed E-state index contributed by atoms with van der Waals surface area (Å²) in [5.74, 6) is -0.159. The first kappa shape index (κ1) is 17.1. The van der Waals surface area contributed by atoms with Crippen molar-refractivity contribution in [2.24, 2.45) is 0 Å². The summed E-state index contributed by atoms with van der Waals surface area (Å²) in [6.07, 6.45) is 1.94. The Kier molecular flexibility index (Phi) is 6.50. The Morgan fingerprint density at radius 3 is 2.56 bits per heavy atom. The zero-order valence-corrected chi connectivity index (χ0v) is 12.5. The molecule has 18 heavy (non-hydrogen) atoms. The molecule has 0 fully saturated rings. The molecule has 0 atom stereocenters. The average Bonchev–Trinajstić information content (AvgIpc) is 2.15. The van der Waals surface area contributed by atoms with Crippen molar-refractivity contribution in [1.82, 2.24) is 5.32 Å². The first-order valence-corrected chi connectivity index (χ1v) is 6.11. The van der Waals surface area contributed by atoms with Gasteiger partial charge in [-0.25, -0.2) is 0 Å². The SMILES string of the molecule is CCCC(C)(C)NC(=O)c1ccc(N)cc1Cl.Cl. The molecule has 3 nitrogen and oxygen atoms in total. The van der Waals surface area contributed by atoms with Crippen LogP contribution in [0.4, 0.5) is 5.69 Å². The number of anilines is 1. The Labute approximate surface area is 119 Å². The fourth-order valence-corrected chi connectivity index (χ4v) is 2.05. The second-order valence-electron chi connectivity index (χ2n) is 4.83. The predicted molar refractivity (Wildman–Crippen MR) is 79.6 cm³/mol. The first-order valence-electron chi connectivity index (χ1n) is 5.73. The number of halogens is 2. The summed E-state index contributed by atoms with van der Waals surface area (Å²) in [5, 5.41) is 3.35. The maximum absolute atomic E-state index is 12.0. The monoisotopic (exact) mass is 290 g/mol. The zero-order chi connectivity index (χ0) is 13.1.